The fraction of sp³-hybridized carbons (Fsp3) is 0.273. The minimum Gasteiger partial charge on any atom is -0.507 e. The Bertz CT molecular complexity index is 1030. The molecule has 1 aliphatic rings. The van der Waals surface area contributed by atoms with Crippen LogP contribution in [0.2, 0.25) is 5.02 Å². The molecule has 1 saturated heterocycles. The number of carbonyl (C=O) groups is 2. The molecule has 1 fully saturated rings. The summed E-state index contributed by atoms with van der Waals surface area (Å²) >= 11 is 6.25. The van der Waals surface area contributed by atoms with Crippen molar-refractivity contribution >= 4 is 29.1 Å². The maximum atomic E-state index is 12.9. The molecule has 1 amide bonds. The fourth-order valence-corrected chi connectivity index (χ4v) is 3.74. The third-order valence-electron chi connectivity index (χ3n) is 4.95. The first-order valence-corrected chi connectivity index (χ1v) is 9.71. The number of halogens is 1. The molecule has 1 aliphatic heterocycles. The Hall–Kier alpha value is -3.19. The number of carbonyl (C=O) groups excluding carboxylic acids is 2. The minimum atomic E-state index is -0.885. The largest absolute Gasteiger partial charge is 0.507 e. The van der Waals surface area contributed by atoms with Gasteiger partial charge in [-0.05, 0) is 42.3 Å². The number of benzene rings is 2. The molecule has 1 heterocycles. The third-order valence-corrected chi connectivity index (χ3v) is 5.28. The van der Waals surface area contributed by atoms with Crippen LogP contribution in [0, 0.1) is 0 Å². The molecular formula is C22H22ClNO6. The number of nitrogens with zero attached hydrogens (tertiary/aromatic N) is 1. The van der Waals surface area contributed by atoms with Crippen LogP contribution in [-0.4, -0.2) is 47.6 Å². The molecule has 2 aromatic carbocycles. The highest BCUT2D eigenvalue weighted by Gasteiger charge is 2.46. The molecule has 7 nitrogen and oxygen atoms in total. The van der Waals surface area contributed by atoms with E-state index < -0.39 is 23.5 Å². The van der Waals surface area contributed by atoms with Gasteiger partial charge in [-0.1, -0.05) is 24.6 Å². The van der Waals surface area contributed by atoms with Crippen molar-refractivity contribution in [1.82, 2.24) is 4.90 Å². The lowest BCUT2D eigenvalue weighted by Gasteiger charge is -2.25. The lowest BCUT2D eigenvalue weighted by molar-refractivity contribution is -0.139. The highest BCUT2D eigenvalue weighted by Crippen LogP contribution is 2.42. The summed E-state index contributed by atoms with van der Waals surface area (Å²) in [5.74, 6) is -1.41. The van der Waals surface area contributed by atoms with Crippen LogP contribution in [0.25, 0.3) is 5.76 Å². The number of ketones is 1. The van der Waals surface area contributed by atoms with E-state index in [1.165, 1.54) is 43.4 Å². The first-order valence-electron chi connectivity index (χ1n) is 9.33. The molecular weight excluding hydrogens is 410 g/mol. The van der Waals surface area contributed by atoms with Crippen LogP contribution >= 0.6 is 11.6 Å². The number of hydrogen-bond donors (Lipinski definition) is 2. The van der Waals surface area contributed by atoms with Gasteiger partial charge in [0, 0.05) is 12.1 Å². The van der Waals surface area contributed by atoms with Gasteiger partial charge in [-0.15, -0.1) is 0 Å². The van der Waals surface area contributed by atoms with Crippen LogP contribution in [0.5, 0.6) is 17.2 Å². The zero-order valence-corrected chi connectivity index (χ0v) is 17.6. The van der Waals surface area contributed by atoms with Gasteiger partial charge in [0.15, 0.2) is 11.5 Å². The Labute approximate surface area is 179 Å². The maximum Gasteiger partial charge on any atom is 0.295 e. The zero-order chi connectivity index (χ0) is 22.0. The number of amides is 1. The van der Waals surface area contributed by atoms with Gasteiger partial charge in [-0.25, -0.2) is 0 Å². The summed E-state index contributed by atoms with van der Waals surface area (Å²) in [6, 6.07) is 8.35. The highest BCUT2D eigenvalue weighted by molar-refractivity contribution is 6.47. The fourth-order valence-electron chi connectivity index (χ4n) is 3.53. The molecule has 0 bridgehead atoms. The van der Waals surface area contributed by atoms with Gasteiger partial charge in [0.2, 0.25) is 0 Å². The van der Waals surface area contributed by atoms with E-state index in [1.807, 2.05) is 6.92 Å². The van der Waals surface area contributed by atoms with Crippen LogP contribution in [-0.2, 0) is 9.59 Å². The van der Waals surface area contributed by atoms with Crippen molar-refractivity contribution in [3.8, 4) is 17.2 Å². The molecule has 30 heavy (non-hydrogen) atoms. The molecule has 0 spiro atoms. The predicted molar refractivity (Wildman–Crippen MR) is 112 cm³/mol. The van der Waals surface area contributed by atoms with Crippen molar-refractivity contribution < 1.29 is 29.3 Å². The van der Waals surface area contributed by atoms with E-state index in [4.69, 9.17) is 21.1 Å². The van der Waals surface area contributed by atoms with E-state index >= 15 is 0 Å². The third kappa shape index (κ3) is 3.68. The molecule has 1 atom stereocenters. The summed E-state index contributed by atoms with van der Waals surface area (Å²) in [6.07, 6.45) is 0.603. The number of Topliss-reactive ketones (excluding diaryl/α,β-unsaturated/α-hetero) is 1. The quantitative estimate of drug-likeness (QED) is 0.409. The van der Waals surface area contributed by atoms with Crippen LogP contribution < -0.4 is 9.47 Å². The Balaban J connectivity index is 2.24. The molecule has 1 unspecified atom stereocenters. The van der Waals surface area contributed by atoms with Gasteiger partial charge < -0.3 is 24.6 Å². The number of phenolic OH excluding ortho intramolecular Hbond substituents is 1. The molecule has 158 valence electrons. The number of likely N-dealkylation sites (tertiary alicyclic amines) is 1. The Morgan fingerprint density at radius 2 is 1.87 bits per heavy atom. The average Bonchev–Trinajstić information content (AvgIpc) is 2.99. The van der Waals surface area contributed by atoms with E-state index in [9.17, 15) is 19.8 Å². The van der Waals surface area contributed by atoms with Crippen molar-refractivity contribution in [3.63, 3.8) is 0 Å². The predicted octanol–water partition coefficient (Wildman–Crippen LogP) is 3.89. The number of aliphatic hydroxyl groups excluding tert-OH is 1. The number of aromatic hydroxyl groups is 1. The number of aliphatic hydroxyl groups is 1. The van der Waals surface area contributed by atoms with Crippen LogP contribution in [0.4, 0.5) is 0 Å². The molecule has 2 aromatic rings. The van der Waals surface area contributed by atoms with E-state index in [0.29, 0.717) is 24.3 Å². The average molecular weight is 432 g/mol. The maximum absolute atomic E-state index is 12.9. The first kappa shape index (κ1) is 21.5. The Morgan fingerprint density at radius 1 is 1.13 bits per heavy atom. The number of rotatable bonds is 6. The van der Waals surface area contributed by atoms with Crippen LogP contribution in [0.3, 0.4) is 0 Å². The topological polar surface area (TPSA) is 96.3 Å². The molecule has 2 N–H and O–H groups in total. The molecule has 3 rings (SSSR count). The lowest BCUT2D eigenvalue weighted by Crippen LogP contribution is -2.30. The summed E-state index contributed by atoms with van der Waals surface area (Å²) < 4.78 is 10.3. The normalized spacial score (nSPS) is 18.0. The van der Waals surface area contributed by atoms with Gasteiger partial charge in [-0.2, -0.15) is 0 Å². The monoisotopic (exact) mass is 431 g/mol. The standard InChI is InChI=1S/C22H22ClNO6/c1-4-9-24-19(12-5-8-17(30-3)16(25)10-12)18(21(27)22(24)28)20(26)14-11-13(29-2)6-7-15(14)23/h5-8,10-11,19,25-26H,4,9H2,1-3H3/b20-18+. The summed E-state index contributed by atoms with van der Waals surface area (Å²) in [7, 11) is 2.88. The minimum absolute atomic E-state index is 0.104. The molecule has 0 radical (unpaired) electrons. The Morgan fingerprint density at radius 3 is 2.47 bits per heavy atom. The number of methoxy groups -OCH3 is 2. The second kappa shape index (κ2) is 8.67. The summed E-state index contributed by atoms with van der Waals surface area (Å²) in [4.78, 5) is 27.0. The molecule has 0 aromatic heterocycles. The van der Waals surface area contributed by atoms with E-state index in [-0.39, 0.29) is 27.7 Å². The first-order chi connectivity index (χ1) is 14.3. The second-order valence-electron chi connectivity index (χ2n) is 6.77. The van der Waals surface area contributed by atoms with Crippen LogP contribution in [0.1, 0.15) is 30.5 Å². The SMILES string of the molecule is CCCN1C(=O)C(=O)/C(=C(/O)c2cc(OC)ccc2Cl)C1c1ccc(OC)c(O)c1. The van der Waals surface area contributed by atoms with E-state index in [0.717, 1.165) is 0 Å². The summed E-state index contributed by atoms with van der Waals surface area (Å²) in [5, 5.41) is 21.5. The smallest absolute Gasteiger partial charge is 0.295 e. The number of hydrogen-bond acceptors (Lipinski definition) is 6. The van der Waals surface area contributed by atoms with Gasteiger partial charge in [0.05, 0.1) is 30.9 Å². The summed E-state index contributed by atoms with van der Waals surface area (Å²) in [6.45, 7) is 2.17. The summed E-state index contributed by atoms with van der Waals surface area (Å²) in [5.41, 5.74) is 0.530. The zero-order valence-electron chi connectivity index (χ0n) is 16.8. The molecule has 8 heteroatoms. The second-order valence-corrected chi connectivity index (χ2v) is 7.18. The molecule has 0 saturated carbocycles. The van der Waals surface area contributed by atoms with Crippen molar-refractivity contribution in [1.29, 1.82) is 0 Å². The van der Waals surface area contributed by atoms with Crippen LogP contribution in [0.15, 0.2) is 42.0 Å². The Kier molecular flexibility index (Phi) is 6.22. The highest BCUT2D eigenvalue weighted by atomic mass is 35.5. The van der Waals surface area contributed by atoms with Crippen molar-refractivity contribution in [2.24, 2.45) is 0 Å². The molecule has 0 aliphatic carbocycles. The van der Waals surface area contributed by atoms with E-state index in [2.05, 4.69) is 0 Å². The van der Waals surface area contributed by atoms with Crippen molar-refractivity contribution in [2.45, 2.75) is 19.4 Å². The lowest BCUT2D eigenvalue weighted by atomic mass is 9.95. The van der Waals surface area contributed by atoms with Gasteiger partial charge in [0.25, 0.3) is 11.7 Å². The number of ether oxygens (including phenoxy) is 2. The van der Waals surface area contributed by atoms with Crippen molar-refractivity contribution in [3.05, 3.63) is 58.1 Å². The number of phenols is 1. The van der Waals surface area contributed by atoms with Gasteiger partial charge in [-0.3, -0.25) is 9.59 Å². The van der Waals surface area contributed by atoms with Crippen molar-refractivity contribution in [2.75, 3.05) is 20.8 Å². The van der Waals surface area contributed by atoms with Gasteiger partial charge in [0.1, 0.15) is 11.5 Å². The van der Waals surface area contributed by atoms with E-state index in [1.54, 1.807) is 12.1 Å². The van der Waals surface area contributed by atoms with Gasteiger partial charge >= 0.3 is 0 Å².